The fourth-order valence-electron chi connectivity index (χ4n) is 5.03. The highest BCUT2D eigenvalue weighted by atomic mass is 31.1. The van der Waals surface area contributed by atoms with E-state index in [2.05, 4.69) is 36.4 Å². The number of hydrogen-bond acceptors (Lipinski definition) is 15. The van der Waals surface area contributed by atoms with E-state index in [9.17, 15) is 13.9 Å². The number of carbonyl (C=O) groups excluding carboxylic acids is 1. The minimum Gasteiger partial charge on any atom is -0.382 e. The molecule has 0 spiro atoms. The molecular weight excluding hydrogens is 620 g/mol. The number of carbonyl (C=O) groups is 1. The third kappa shape index (κ3) is 5.94. The van der Waals surface area contributed by atoms with Crippen LogP contribution in [0.2, 0.25) is 0 Å². The number of amides is 1. The highest BCUT2D eigenvalue weighted by molar-refractivity contribution is 7.33. The summed E-state index contributed by atoms with van der Waals surface area (Å²) in [6, 6.07) is 4.99. The van der Waals surface area contributed by atoms with Crippen LogP contribution in [0, 0.1) is 0 Å². The van der Waals surface area contributed by atoms with Crippen molar-refractivity contribution in [2.24, 2.45) is 5.73 Å². The van der Waals surface area contributed by atoms with Crippen LogP contribution in [0.5, 0.6) is 0 Å². The number of primary amides is 1. The molecule has 0 radical (unpaired) electrons. The molecule has 2 fully saturated rings. The molecule has 4 aromatic rings. The van der Waals surface area contributed by atoms with E-state index in [-0.39, 0.29) is 31.0 Å². The van der Waals surface area contributed by atoms with Gasteiger partial charge in [0, 0.05) is 22.0 Å². The number of nitrogen functional groups attached to an aromatic ring is 1. The Labute approximate surface area is 250 Å². The van der Waals surface area contributed by atoms with E-state index in [4.69, 9.17) is 34.5 Å². The minimum atomic E-state index is -2.67. The van der Waals surface area contributed by atoms with E-state index in [0.29, 0.717) is 34.2 Å². The van der Waals surface area contributed by atoms with Gasteiger partial charge in [0.2, 0.25) is 0 Å². The number of nitrogens with zero attached hydrogens (tertiary/aromatic N) is 7. The van der Waals surface area contributed by atoms with E-state index in [1.165, 1.54) is 24.4 Å². The maximum Gasteiger partial charge on any atom is 0.697 e. The summed E-state index contributed by atoms with van der Waals surface area (Å²) < 4.78 is 61.2. The molecule has 3 aromatic heterocycles. The lowest BCUT2D eigenvalue weighted by atomic mass is 10.1. The fraction of sp³-hybridized carbons (Fsp3) is 0.417. The molecule has 4 N–H and O–H groups in total. The van der Waals surface area contributed by atoms with Crippen molar-refractivity contribution in [3.05, 3.63) is 48.6 Å². The number of ether oxygens (including phenoxy) is 2. The molecule has 2 aliphatic rings. The zero-order chi connectivity index (χ0) is 31.0. The Morgan fingerprint density at radius 2 is 1.93 bits per heavy atom. The van der Waals surface area contributed by atoms with Crippen molar-refractivity contribution < 1.29 is 41.5 Å². The van der Waals surface area contributed by atoms with E-state index in [1.54, 1.807) is 22.8 Å². The smallest absolute Gasteiger partial charge is 0.382 e. The topological polar surface area (TPSA) is 233 Å². The zero-order valence-corrected chi connectivity index (χ0v) is 25.0. The Morgan fingerprint density at radius 1 is 1.11 bits per heavy atom. The van der Waals surface area contributed by atoms with Gasteiger partial charge in [0.15, 0.2) is 17.7 Å². The van der Waals surface area contributed by atoms with Gasteiger partial charge in [-0.05, 0) is 17.7 Å². The summed E-state index contributed by atoms with van der Waals surface area (Å²) >= 11 is 0. The van der Waals surface area contributed by atoms with Gasteiger partial charge in [0.1, 0.15) is 55.1 Å². The second-order valence-corrected chi connectivity index (χ2v) is 11.8. The molecule has 18 nitrogen and oxygen atoms in total. The first-order valence-corrected chi connectivity index (χ1v) is 15.4. The number of anilines is 1. The SMILES string of the molecule is C=C1C[C@H](n2nnc3c(C(N)=O)cccc32)O[C@@H]1CO[P+](=O)O[C@H]1C[C@H](n2cnc3c(N)ncnc32)O[C@@H]1CO[P+](=O)OC. The zero-order valence-electron chi connectivity index (χ0n) is 23.2. The highest BCUT2D eigenvalue weighted by Crippen LogP contribution is 2.41. The number of aromatic nitrogens is 7. The normalized spacial score (nSPS) is 24.4. The van der Waals surface area contributed by atoms with E-state index in [0.717, 1.165) is 0 Å². The van der Waals surface area contributed by atoms with Crippen molar-refractivity contribution in [1.82, 2.24) is 34.5 Å². The fourth-order valence-corrected chi connectivity index (χ4v) is 6.17. The van der Waals surface area contributed by atoms with E-state index in [1.807, 2.05) is 0 Å². The summed E-state index contributed by atoms with van der Waals surface area (Å²) in [6.07, 6.45) is -0.0438. The second-order valence-electron chi connectivity index (χ2n) is 9.83. The molecule has 20 heteroatoms. The number of benzene rings is 1. The maximum absolute atomic E-state index is 13.0. The van der Waals surface area contributed by atoms with Crippen LogP contribution in [-0.4, -0.2) is 79.1 Å². The van der Waals surface area contributed by atoms with Crippen LogP contribution < -0.4 is 11.5 Å². The third-order valence-corrected chi connectivity index (χ3v) is 8.64. The van der Waals surface area contributed by atoms with Crippen molar-refractivity contribution in [3.63, 3.8) is 0 Å². The van der Waals surface area contributed by atoms with Crippen molar-refractivity contribution in [3.8, 4) is 0 Å². The van der Waals surface area contributed by atoms with Crippen LogP contribution >= 0.6 is 16.5 Å². The Morgan fingerprint density at radius 3 is 2.73 bits per heavy atom. The minimum absolute atomic E-state index is 0.125. The molecule has 2 saturated heterocycles. The lowest BCUT2D eigenvalue weighted by molar-refractivity contribution is -0.0383. The van der Waals surface area contributed by atoms with E-state index < -0.39 is 53.2 Å². The third-order valence-electron chi connectivity index (χ3n) is 7.18. The monoisotopic (exact) mass is 647 g/mol. The van der Waals surface area contributed by atoms with Gasteiger partial charge < -0.3 is 20.9 Å². The molecule has 1 aromatic carbocycles. The first-order valence-electron chi connectivity index (χ1n) is 13.2. The predicted octanol–water partition coefficient (Wildman–Crippen LogP) is 2.46. The maximum atomic E-state index is 13.0. The molecule has 6 rings (SSSR count). The average Bonchev–Trinajstić information content (AvgIpc) is 3.79. The van der Waals surface area contributed by atoms with Gasteiger partial charge in [-0.1, -0.05) is 17.9 Å². The van der Waals surface area contributed by atoms with Crippen LogP contribution in [0.4, 0.5) is 5.82 Å². The predicted molar refractivity (Wildman–Crippen MR) is 151 cm³/mol. The van der Waals surface area contributed by atoms with Crippen LogP contribution in [0.1, 0.15) is 35.7 Å². The average molecular weight is 647 g/mol. The lowest BCUT2D eigenvalue weighted by Gasteiger charge is -2.13. The van der Waals surface area contributed by atoms with E-state index >= 15 is 0 Å². The van der Waals surface area contributed by atoms with Gasteiger partial charge in [-0.3, -0.25) is 9.36 Å². The first kappa shape index (κ1) is 30.2. The molecule has 0 saturated carbocycles. The summed E-state index contributed by atoms with van der Waals surface area (Å²) in [4.78, 5) is 24.2. The molecule has 44 heavy (non-hydrogen) atoms. The molecule has 2 aliphatic heterocycles. The Kier molecular flexibility index (Phi) is 8.66. The van der Waals surface area contributed by atoms with Crippen molar-refractivity contribution in [2.45, 2.75) is 43.6 Å². The van der Waals surface area contributed by atoms with Crippen LogP contribution in [0.15, 0.2) is 43.0 Å². The summed E-state index contributed by atoms with van der Waals surface area (Å²) in [5, 5.41) is 8.23. The van der Waals surface area contributed by atoms with Gasteiger partial charge in [0.25, 0.3) is 5.91 Å². The molecule has 7 atom stereocenters. The number of hydrogen-bond donors (Lipinski definition) is 2. The standard InChI is InChI=1S/C24H26N9O9P2/c1-12-6-19(33-14-5-3-4-13(23(26)34)20(14)30-31-33)40-16(12)8-39-44(36)42-15-7-18(41-17(15)9-38-43(35)37-2)32-11-29-21-22(25)27-10-28-24(21)32/h3-5,10-11,15-19H,1,6-9H2,2H3,(H3-,25,26,27,28,34)/q+1/p+1/t15-,16+,17+,18+,19+/m0/s1. The largest absolute Gasteiger partial charge is 0.697 e. The van der Waals surface area contributed by atoms with Gasteiger partial charge in [-0.15, -0.1) is 23.2 Å². The summed E-state index contributed by atoms with van der Waals surface area (Å²) in [6.45, 7) is 3.75. The lowest BCUT2D eigenvalue weighted by Crippen LogP contribution is -2.27. The molecule has 1 amide bonds. The number of fused-ring (bicyclic) bond motifs is 2. The van der Waals surface area contributed by atoms with Gasteiger partial charge in [-0.25, -0.2) is 19.6 Å². The van der Waals surface area contributed by atoms with Gasteiger partial charge in [0.05, 0.1) is 24.5 Å². The van der Waals surface area contributed by atoms with Crippen molar-refractivity contribution in [2.75, 3.05) is 26.1 Å². The Balaban J connectivity index is 1.10. The molecule has 230 valence electrons. The first-order chi connectivity index (χ1) is 21.2. The number of imidazole rings is 1. The highest BCUT2D eigenvalue weighted by Gasteiger charge is 2.46. The summed E-state index contributed by atoms with van der Waals surface area (Å²) in [5.74, 6) is -0.412. The van der Waals surface area contributed by atoms with Crippen LogP contribution in [0.25, 0.3) is 22.2 Å². The van der Waals surface area contributed by atoms with Crippen LogP contribution in [0.3, 0.4) is 0 Å². The van der Waals surface area contributed by atoms with Crippen LogP contribution in [-0.2, 0) is 36.7 Å². The Hall–Kier alpha value is -3.86. The van der Waals surface area contributed by atoms with Crippen molar-refractivity contribution in [1.29, 1.82) is 0 Å². The number of nitrogens with two attached hydrogens (primary N) is 2. The molecule has 0 bridgehead atoms. The van der Waals surface area contributed by atoms with Gasteiger partial charge in [-0.2, -0.15) is 0 Å². The van der Waals surface area contributed by atoms with Crippen molar-refractivity contribution >= 4 is 50.4 Å². The van der Waals surface area contributed by atoms with Gasteiger partial charge >= 0.3 is 16.5 Å². The molecule has 5 heterocycles. The molecule has 0 aliphatic carbocycles. The summed E-state index contributed by atoms with van der Waals surface area (Å²) in [5.41, 5.74) is 14.0. The Bertz CT molecular complexity index is 1770. The molecular formula is C24H27N9O9P2+2. The number of rotatable bonds is 12. The molecule has 2 unspecified atom stereocenters. The quantitative estimate of drug-likeness (QED) is 0.166. The second kappa shape index (κ2) is 12.6. The summed E-state index contributed by atoms with van der Waals surface area (Å²) in [7, 11) is -3.81.